The average molecular weight is 315 g/mol. The Balaban J connectivity index is 2.11. The summed E-state index contributed by atoms with van der Waals surface area (Å²) >= 11 is 3.23. The Hall–Kier alpha value is -1.76. The molecule has 1 aromatic carbocycles. The highest BCUT2D eigenvalue weighted by Gasteiger charge is 2.06. The molecule has 0 aliphatic carbocycles. The Kier molecular flexibility index (Phi) is 3.71. The van der Waals surface area contributed by atoms with Gasteiger partial charge in [0.1, 0.15) is 22.4 Å². The molecule has 0 aliphatic heterocycles. The van der Waals surface area contributed by atoms with Crippen molar-refractivity contribution in [1.29, 1.82) is 0 Å². The third kappa shape index (κ3) is 2.73. The van der Waals surface area contributed by atoms with Crippen LogP contribution in [-0.4, -0.2) is 9.97 Å². The lowest BCUT2D eigenvalue weighted by atomic mass is 10.2. The molecule has 4 nitrogen and oxygen atoms in total. The molecule has 1 aromatic heterocycles. The van der Waals surface area contributed by atoms with Crippen LogP contribution in [0.1, 0.15) is 5.56 Å². The summed E-state index contributed by atoms with van der Waals surface area (Å²) in [7, 11) is 0. The number of benzene rings is 1. The second-order valence-corrected chi connectivity index (χ2v) is 4.32. The molecule has 0 bridgehead atoms. The Bertz CT molecular complexity index is 577. The predicted molar refractivity (Wildman–Crippen MR) is 67.8 cm³/mol. The smallest absolute Gasteiger partial charge is 0.159 e. The fraction of sp³-hybridized carbons (Fsp3) is 0.0909. The minimum absolute atomic E-state index is 0.298. The molecule has 0 saturated carbocycles. The second-order valence-electron chi connectivity index (χ2n) is 3.52. The van der Waals surface area contributed by atoms with Gasteiger partial charge >= 0.3 is 0 Å². The van der Waals surface area contributed by atoms with E-state index in [1.807, 2.05) is 0 Å². The largest absolute Gasteiger partial charge is 0.383 e. The molecular formula is C11H9BrF2N4. The highest BCUT2D eigenvalue weighted by molar-refractivity contribution is 9.10. The van der Waals surface area contributed by atoms with E-state index >= 15 is 0 Å². The number of aromatic nitrogens is 2. The molecule has 7 heteroatoms. The molecule has 0 atom stereocenters. The van der Waals surface area contributed by atoms with Crippen LogP contribution in [0.3, 0.4) is 0 Å². The number of nitrogens with two attached hydrogens (primary N) is 1. The van der Waals surface area contributed by atoms with Crippen molar-refractivity contribution in [1.82, 2.24) is 9.97 Å². The molecular weight excluding hydrogens is 306 g/mol. The summed E-state index contributed by atoms with van der Waals surface area (Å²) < 4.78 is 26.3. The van der Waals surface area contributed by atoms with E-state index in [1.54, 1.807) is 0 Å². The van der Waals surface area contributed by atoms with E-state index in [1.165, 1.54) is 12.4 Å². The first-order valence-electron chi connectivity index (χ1n) is 5.01. The van der Waals surface area contributed by atoms with Gasteiger partial charge in [0, 0.05) is 6.54 Å². The van der Waals surface area contributed by atoms with E-state index in [9.17, 15) is 8.78 Å². The van der Waals surface area contributed by atoms with E-state index in [0.717, 1.165) is 12.1 Å². The highest BCUT2D eigenvalue weighted by atomic mass is 79.9. The van der Waals surface area contributed by atoms with Crippen molar-refractivity contribution >= 4 is 27.6 Å². The Morgan fingerprint density at radius 2 is 2.00 bits per heavy atom. The Labute approximate surface area is 110 Å². The van der Waals surface area contributed by atoms with Crippen molar-refractivity contribution < 1.29 is 8.78 Å². The molecule has 0 saturated heterocycles. The molecule has 94 valence electrons. The molecule has 0 amide bonds. The van der Waals surface area contributed by atoms with Crippen LogP contribution in [0.4, 0.5) is 20.4 Å². The maximum Gasteiger partial charge on any atom is 0.159 e. The lowest BCUT2D eigenvalue weighted by molar-refractivity contribution is 0.507. The maximum atomic E-state index is 13.0. The summed E-state index contributed by atoms with van der Waals surface area (Å²) in [4.78, 5) is 7.77. The van der Waals surface area contributed by atoms with Gasteiger partial charge < -0.3 is 11.1 Å². The molecule has 1 heterocycles. The summed E-state index contributed by atoms with van der Waals surface area (Å²) in [5, 5.41) is 2.95. The number of hydrogen-bond acceptors (Lipinski definition) is 4. The van der Waals surface area contributed by atoms with Crippen molar-refractivity contribution in [2.24, 2.45) is 0 Å². The molecule has 0 radical (unpaired) electrons. The van der Waals surface area contributed by atoms with Crippen molar-refractivity contribution in [2.45, 2.75) is 6.54 Å². The summed E-state index contributed by atoms with van der Waals surface area (Å²) in [6, 6.07) is 3.69. The third-order valence-electron chi connectivity index (χ3n) is 2.26. The number of anilines is 2. The lowest BCUT2D eigenvalue weighted by Gasteiger charge is -2.08. The lowest BCUT2D eigenvalue weighted by Crippen LogP contribution is -2.05. The van der Waals surface area contributed by atoms with Gasteiger partial charge in [-0.05, 0) is 33.6 Å². The standard InChI is InChI=1S/C11H9BrF2N4/c12-9-10(15)17-5-18-11(9)16-4-6-1-2-7(13)8(14)3-6/h1-3,5H,4H2,(H3,15,16,17,18). The Morgan fingerprint density at radius 1 is 1.22 bits per heavy atom. The number of halogens is 3. The average Bonchev–Trinajstić information content (AvgIpc) is 2.35. The Morgan fingerprint density at radius 3 is 2.72 bits per heavy atom. The summed E-state index contributed by atoms with van der Waals surface area (Å²) in [6.45, 7) is 0.298. The molecule has 2 aromatic rings. The van der Waals surface area contributed by atoms with Gasteiger partial charge in [-0.3, -0.25) is 0 Å². The number of nitrogens with zero attached hydrogens (tertiary/aromatic N) is 2. The summed E-state index contributed by atoms with van der Waals surface area (Å²) in [5.74, 6) is -0.952. The predicted octanol–water partition coefficient (Wildman–Crippen LogP) is 2.71. The first-order valence-corrected chi connectivity index (χ1v) is 5.81. The van der Waals surface area contributed by atoms with Gasteiger partial charge in [0.2, 0.25) is 0 Å². The normalized spacial score (nSPS) is 10.4. The van der Waals surface area contributed by atoms with Crippen molar-refractivity contribution in [3.63, 3.8) is 0 Å². The van der Waals surface area contributed by atoms with Gasteiger partial charge in [-0.25, -0.2) is 18.7 Å². The monoisotopic (exact) mass is 314 g/mol. The number of nitrogen functional groups attached to an aromatic ring is 1. The van der Waals surface area contributed by atoms with Gasteiger partial charge in [0.25, 0.3) is 0 Å². The topological polar surface area (TPSA) is 63.8 Å². The van der Waals surface area contributed by atoms with Gasteiger partial charge in [-0.1, -0.05) is 6.07 Å². The first-order chi connectivity index (χ1) is 8.58. The second kappa shape index (κ2) is 5.26. The molecule has 0 fully saturated rings. The first kappa shape index (κ1) is 12.7. The fourth-order valence-corrected chi connectivity index (χ4v) is 1.69. The van der Waals surface area contributed by atoms with E-state index in [-0.39, 0.29) is 0 Å². The van der Waals surface area contributed by atoms with Crippen molar-refractivity contribution in [3.05, 3.63) is 46.2 Å². The van der Waals surface area contributed by atoms with Gasteiger partial charge in [-0.15, -0.1) is 0 Å². The molecule has 0 spiro atoms. The number of rotatable bonds is 3. The van der Waals surface area contributed by atoms with Crippen LogP contribution in [-0.2, 0) is 6.54 Å². The van der Waals surface area contributed by atoms with Crippen LogP contribution in [0.5, 0.6) is 0 Å². The molecule has 0 unspecified atom stereocenters. The summed E-state index contributed by atoms with van der Waals surface area (Å²) in [5.41, 5.74) is 6.18. The summed E-state index contributed by atoms with van der Waals surface area (Å²) in [6.07, 6.45) is 1.31. The third-order valence-corrected chi connectivity index (χ3v) is 3.04. The van der Waals surface area contributed by atoms with Crippen LogP contribution in [0.25, 0.3) is 0 Å². The van der Waals surface area contributed by atoms with E-state index in [2.05, 4.69) is 31.2 Å². The molecule has 0 aliphatic rings. The molecule has 2 rings (SSSR count). The van der Waals surface area contributed by atoms with Crippen molar-refractivity contribution in [3.8, 4) is 0 Å². The zero-order chi connectivity index (χ0) is 13.1. The molecule has 3 N–H and O–H groups in total. The highest BCUT2D eigenvalue weighted by Crippen LogP contribution is 2.24. The zero-order valence-corrected chi connectivity index (χ0v) is 10.7. The van der Waals surface area contributed by atoms with Crippen LogP contribution in [0.15, 0.2) is 29.0 Å². The quantitative estimate of drug-likeness (QED) is 0.914. The van der Waals surface area contributed by atoms with E-state index in [4.69, 9.17) is 5.73 Å². The fourth-order valence-electron chi connectivity index (χ4n) is 1.34. The molecule has 18 heavy (non-hydrogen) atoms. The minimum Gasteiger partial charge on any atom is -0.383 e. The van der Waals surface area contributed by atoms with Crippen molar-refractivity contribution in [2.75, 3.05) is 11.1 Å². The van der Waals surface area contributed by atoms with E-state index in [0.29, 0.717) is 28.2 Å². The van der Waals surface area contributed by atoms with Crippen LogP contribution >= 0.6 is 15.9 Å². The van der Waals surface area contributed by atoms with Gasteiger partial charge in [-0.2, -0.15) is 0 Å². The van der Waals surface area contributed by atoms with Gasteiger partial charge in [0.05, 0.1) is 0 Å². The van der Waals surface area contributed by atoms with Crippen LogP contribution in [0, 0.1) is 11.6 Å². The SMILES string of the molecule is Nc1ncnc(NCc2ccc(F)c(F)c2)c1Br. The zero-order valence-electron chi connectivity index (χ0n) is 9.12. The maximum absolute atomic E-state index is 13.0. The minimum atomic E-state index is -0.879. The number of hydrogen-bond donors (Lipinski definition) is 2. The van der Waals surface area contributed by atoms with Gasteiger partial charge in [0.15, 0.2) is 11.6 Å². The van der Waals surface area contributed by atoms with Crippen LogP contribution < -0.4 is 11.1 Å². The number of nitrogens with one attached hydrogen (secondary N) is 1. The van der Waals surface area contributed by atoms with Crippen LogP contribution in [0.2, 0.25) is 0 Å². The van der Waals surface area contributed by atoms with E-state index < -0.39 is 11.6 Å².